The second-order valence-corrected chi connectivity index (χ2v) is 5.14. The summed E-state index contributed by atoms with van der Waals surface area (Å²) in [6, 6.07) is 10.3. The van der Waals surface area contributed by atoms with Crippen LogP contribution < -0.4 is 15.8 Å². The van der Waals surface area contributed by atoms with Crippen molar-refractivity contribution >= 4 is 5.69 Å². The fourth-order valence-corrected chi connectivity index (χ4v) is 2.47. The van der Waals surface area contributed by atoms with Crippen molar-refractivity contribution < 1.29 is 4.74 Å². The number of benzene rings is 1. The van der Waals surface area contributed by atoms with Crippen LogP contribution in [0.25, 0.3) is 11.1 Å². The number of rotatable bonds is 4. The van der Waals surface area contributed by atoms with Crippen LogP contribution in [0.4, 0.5) is 5.69 Å². The van der Waals surface area contributed by atoms with E-state index in [9.17, 15) is 0 Å². The molecule has 0 spiro atoms. The van der Waals surface area contributed by atoms with E-state index >= 15 is 0 Å². The van der Waals surface area contributed by atoms with Crippen LogP contribution in [0.15, 0.2) is 42.7 Å². The molecule has 1 fully saturated rings. The number of nitrogen functional groups attached to an aromatic ring is 1. The fraction of sp³-hybridized carbons (Fsp3) is 0.312. The fourth-order valence-electron chi connectivity index (χ4n) is 2.47. The molecular weight excluding hydrogens is 250 g/mol. The van der Waals surface area contributed by atoms with Gasteiger partial charge in [-0.2, -0.15) is 0 Å². The van der Waals surface area contributed by atoms with Crippen molar-refractivity contribution in [3.05, 3.63) is 42.7 Å². The summed E-state index contributed by atoms with van der Waals surface area (Å²) in [6.45, 7) is 1.79. The van der Waals surface area contributed by atoms with E-state index in [0.29, 0.717) is 12.6 Å². The topological polar surface area (TPSA) is 60.2 Å². The van der Waals surface area contributed by atoms with E-state index in [2.05, 4.69) is 10.3 Å². The molecule has 3 rings (SSSR count). The van der Waals surface area contributed by atoms with Crippen molar-refractivity contribution in [2.45, 2.75) is 18.9 Å². The minimum atomic E-state index is 0.464. The molecule has 1 aromatic heterocycles. The predicted octanol–water partition coefficient (Wildman–Crippen LogP) is 2.46. The average Bonchev–Trinajstić information content (AvgIpc) is 2.99. The first-order chi connectivity index (χ1) is 9.81. The molecule has 1 aliphatic heterocycles. The van der Waals surface area contributed by atoms with Crippen molar-refractivity contribution in [3.63, 3.8) is 0 Å². The second kappa shape index (κ2) is 5.92. The SMILES string of the molecule is Nc1cccc(-c2cncc(OC[C@@H]3CCCN3)c2)c1. The van der Waals surface area contributed by atoms with Gasteiger partial charge in [0.15, 0.2) is 0 Å². The molecule has 4 heteroatoms. The lowest BCUT2D eigenvalue weighted by molar-refractivity contribution is 0.276. The lowest BCUT2D eigenvalue weighted by atomic mass is 10.1. The molecule has 4 nitrogen and oxygen atoms in total. The third kappa shape index (κ3) is 3.08. The first-order valence-electron chi connectivity index (χ1n) is 6.98. The Balaban J connectivity index is 1.72. The third-order valence-corrected chi connectivity index (χ3v) is 3.55. The molecule has 0 bridgehead atoms. The van der Waals surface area contributed by atoms with Gasteiger partial charge in [-0.05, 0) is 43.1 Å². The Kier molecular flexibility index (Phi) is 3.83. The Labute approximate surface area is 119 Å². The van der Waals surface area contributed by atoms with Crippen molar-refractivity contribution in [3.8, 4) is 16.9 Å². The lowest BCUT2D eigenvalue weighted by Gasteiger charge is -2.12. The van der Waals surface area contributed by atoms with Gasteiger partial charge in [-0.1, -0.05) is 12.1 Å². The zero-order valence-corrected chi connectivity index (χ0v) is 11.4. The third-order valence-electron chi connectivity index (χ3n) is 3.55. The summed E-state index contributed by atoms with van der Waals surface area (Å²) in [4.78, 5) is 4.25. The Morgan fingerprint density at radius 2 is 2.20 bits per heavy atom. The van der Waals surface area contributed by atoms with Gasteiger partial charge in [-0.3, -0.25) is 4.98 Å². The molecule has 2 aromatic rings. The van der Waals surface area contributed by atoms with Crippen molar-refractivity contribution in [2.75, 3.05) is 18.9 Å². The Bertz CT molecular complexity index is 579. The van der Waals surface area contributed by atoms with Crippen LogP contribution >= 0.6 is 0 Å². The quantitative estimate of drug-likeness (QED) is 0.837. The molecule has 0 radical (unpaired) electrons. The molecule has 0 unspecified atom stereocenters. The predicted molar refractivity (Wildman–Crippen MR) is 80.6 cm³/mol. The highest BCUT2D eigenvalue weighted by Crippen LogP contribution is 2.24. The molecule has 2 heterocycles. The first kappa shape index (κ1) is 12.9. The maximum Gasteiger partial charge on any atom is 0.138 e. The van der Waals surface area contributed by atoms with Crippen LogP contribution in [0, 0.1) is 0 Å². The number of pyridine rings is 1. The molecule has 0 saturated carbocycles. The highest BCUT2D eigenvalue weighted by Gasteiger charge is 2.14. The van der Waals surface area contributed by atoms with E-state index in [-0.39, 0.29) is 0 Å². The van der Waals surface area contributed by atoms with Crippen molar-refractivity contribution in [1.29, 1.82) is 0 Å². The smallest absolute Gasteiger partial charge is 0.138 e. The zero-order chi connectivity index (χ0) is 13.8. The Hall–Kier alpha value is -2.07. The molecule has 1 aliphatic rings. The van der Waals surface area contributed by atoms with Crippen molar-refractivity contribution in [1.82, 2.24) is 10.3 Å². The molecule has 1 atom stereocenters. The maximum absolute atomic E-state index is 5.83. The van der Waals surface area contributed by atoms with Crippen molar-refractivity contribution in [2.24, 2.45) is 0 Å². The van der Waals surface area contributed by atoms with Crippen LogP contribution in [0.1, 0.15) is 12.8 Å². The molecule has 3 N–H and O–H groups in total. The zero-order valence-electron chi connectivity index (χ0n) is 11.4. The number of hydrogen-bond donors (Lipinski definition) is 2. The lowest BCUT2D eigenvalue weighted by Crippen LogP contribution is -2.28. The van der Waals surface area contributed by atoms with Gasteiger partial charge >= 0.3 is 0 Å². The highest BCUT2D eigenvalue weighted by atomic mass is 16.5. The summed E-state index contributed by atoms with van der Waals surface area (Å²) in [5.74, 6) is 0.804. The summed E-state index contributed by atoms with van der Waals surface area (Å²) < 4.78 is 5.83. The maximum atomic E-state index is 5.83. The van der Waals surface area contributed by atoms with Crippen LogP contribution in [-0.2, 0) is 0 Å². The summed E-state index contributed by atoms with van der Waals surface area (Å²) in [7, 11) is 0. The van der Waals surface area contributed by atoms with Gasteiger partial charge in [-0.15, -0.1) is 0 Å². The summed E-state index contributed by atoms with van der Waals surface area (Å²) in [5, 5.41) is 3.42. The van der Waals surface area contributed by atoms with Gasteiger partial charge in [-0.25, -0.2) is 0 Å². The van der Waals surface area contributed by atoms with Gasteiger partial charge in [0.1, 0.15) is 12.4 Å². The van der Waals surface area contributed by atoms with E-state index in [0.717, 1.165) is 29.1 Å². The second-order valence-electron chi connectivity index (χ2n) is 5.14. The largest absolute Gasteiger partial charge is 0.490 e. The highest BCUT2D eigenvalue weighted by molar-refractivity contribution is 5.67. The van der Waals surface area contributed by atoms with E-state index in [1.165, 1.54) is 12.8 Å². The number of nitrogens with two attached hydrogens (primary N) is 1. The molecule has 0 aliphatic carbocycles. The van der Waals surface area contributed by atoms with Gasteiger partial charge in [0.2, 0.25) is 0 Å². The Morgan fingerprint density at radius 3 is 3.00 bits per heavy atom. The van der Waals surface area contributed by atoms with Gasteiger partial charge < -0.3 is 15.8 Å². The minimum absolute atomic E-state index is 0.464. The molecule has 0 amide bonds. The molecule has 104 valence electrons. The van der Waals surface area contributed by atoms with Gasteiger partial charge in [0.05, 0.1) is 6.20 Å². The van der Waals surface area contributed by atoms with E-state index in [1.54, 1.807) is 6.20 Å². The molecule has 1 aromatic carbocycles. The van der Waals surface area contributed by atoms with E-state index < -0.39 is 0 Å². The standard InChI is InChI=1S/C16H19N3O/c17-14-4-1-3-12(7-14)13-8-16(10-18-9-13)20-11-15-5-2-6-19-15/h1,3-4,7-10,15,19H,2,5-6,11,17H2/t15-/m0/s1. The first-order valence-corrected chi connectivity index (χ1v) is 6.98. The number of aromatic nitrogens is 1. The van der Waals surface area contributed by atoms with Crippen LogP contribution in [0.5, 0.6) is 5.75 Å². The summed E-state index contributed by atoms with van der Waals surface area (Å²) >= 11 is 0. The minimum Gasteiger partial charge on any atom is -0.490 e. The van der Waals surface area contributed by atoms with Crippen LogP contribution in [0.2, 0.25) is 0 Å². The van der Waals surface area contributed by atoms with E-state index in [1.807, 2.05) is 36.5 Å². The number of nitrogens with zero attached hydrogens (tertiary/aromatic N) is 1. The number of ether oxygens (including phenoxy) is 1. The normalized spacial score (nSPS) is 18.1. The molecular formula is C16H19N3O. The Morgan fingerprint density at radius 1 is 1.25 bits per heavy atom. The number of nitrogens with one attached hydrogen (secondary N) is 1. The van der Waals surface area contributed by atoms with Crippen LogP contribution in [0.3, 0.4) is 0 Å². The summed E-state index contributed by atoms with van der Waals surface area (Å²) in [5.41, 5.74) is 8.65. The molecule has 20 heavy (non-hydrogen) atoms. The average molecular weight is 269 g/mol. The van der Waals surface area contributed by atoms with Gasteiger partial charge in [0.25, 0.3) is 0 Å². The molecule has 1 saturated heterocycles. The number of anilines is 1. The van der Waals surface area contributed by atoms with Gasteiger partial charge in [0, 0.05) is 23.5 Å². The van der Waals surface area contributed by atoms with Crippen LogP contribution in [-0.4, -0.2) is 24.2 Å². The summed E-state index contributed by atoms with van der Waals surface area (Å²) in [6.07, 6.45) is 6.00. The number of hydrogen-bond acceptors (Lipinski definition) is 4. The monoisotopic (exact) mass is 269 g/mol. The van der Waals surface area contributed by atoms with E-state index in [4.69, 9.17) is 10.5 Å².